The average Bonchev–Trinajstić information content (AvgIpc) is 2.92. The fourth-order valence-corrected chi connectivity index (χ4v) is 5.73. The van der Waals surface area contributed by atoms with Crippen LogP contribution >= 0.6 is 0 Å². The van der Waals surface area contributed by atoms with E-state index in [1.54, 1.807) is 0 Å². The highest BCUT2D eigenvalue weighted by atomic mass is 16.5. The molecular formula is C29H35N3O3. The molecule has 2 amide bonds. The Morgan fingerprint density at radius 3 is 2.11 bits per heavy atom. The van der Waals surface area contributed by atoms with Gasteiger partial charge in [0.1, 0.15) is 6.10 Å². The van der Waals surface area contributed by atoms with Crippen LogP contribution in [0.25, 0.3) is 21.5 Å². The van der Waals surface area contributed by atoms with Crippen molar-refractivity contribution in [3.8, 4) is 0 Å². The lowest BCUT2D eigenvalue weighted by Gasteiger charge is -2.42. The standard InChI is InChI=1S/C29H35N3O3/c1-3-30(4-2)28(33)26-20-32(17-18-35-26)23-13-15-31(16-14-23)29(34)27-24-11-7-5-9-21(24)19-22-10-6-8-12-25(22)27/h5-12,19,23,26H,3-4,13-18,20H2,1-2H3. The Bertz CT molecular complexity index is 1160. The smallest absolute Gasteiger partial charge is 0.255 e. The highest BCUT2D eigenvalue weighted by Crippen LogP contribution is 2.31. The Labute approximate surface area is 207 Å². The first-order valence-corrected chi connectivity index (χ1v) is 12.9. The lowest BCUT2D eigenvalue weighted by atomic mass is 9.94. The number of fused-ring (bicyclic) bond motifs is 2. The molecule has 6 heteroatoms. The lowest BCUT2D eigenvalue weighted by molar-refractivity contribution is -0.150. The van der Waals surface area contributed by atoms with Crippen molar-refractivity contribution >= 4 is 33.4 Å². The molecule has 1 atom stereocenters. The van der Waals surface area contributed by atoms with Crippen LogP contribution in [0.5, 0.6) is 0 Å². The Hall–Kier alpha value is -2.96. The number of likely N-dealkylation sites (tertiary alicyclic amines) is 1. The van der Waals surface area contributed by atoms with Crippen molar-refractivity contribution in [1.82, 2.24) is 14.7 Å². The van der Waals surface area contributed by atoms with Crippen LogP contribution < -0.4 is 0 Å². The number of hydrogen-bond acceptors (Lipinski definition) is 4. The van der Waals surface area contributed by atoms with Crippen molar-refractivity contribution in [3.05, 3.63) is 60.2 Å². The summed E-state index contributed by atoms with van der Waals surface area (Å²) in [6.07, 6.45) is 1.45. The van der Waals surface area contributed by atoms with E-state index in [0.29, 0.717) is 32.3 Å². The van der Waals surface area contributed by atoms with E-state index in [1.165, 1.54) is 0 Å². The summed E-state index contributed by atoms with van der Waals surface area (Å²) in [5, 5.41) is 4.23. The maximum Gasteiger partial charge on any atom is 0.255 e. The molecule has 0 aliphatic carbocycles. The third kappa shape index (κ3) is 4.65. The van der Waals surface area contributed by atoms with Crippen molar-refractivity contribution in [3.63, 3.8) is 0 Å². The third-order valence-electron chi connectivity index (χ3n) is 7.70. The van der Waals surface area contributed by atoms with Gasteiger partial charge in [-0.1, -0.05) is 48.5 Å². The summed E-state index contributed by atoms with van der Waals surface area (Å²) in [5.74, 6) is 0.211. The van der Waals surface area contributed by atoms with Crippen LogP contribution in [-0.2, 0) is 9.53 Å². The van der Waals surface area contributed by atoms with Crippen LogP contribution in [0.2, 0.25) is 0 Å². The van der Waals surface area contributed by atoms with Gasteiger partial charge in [-0.2, -0.15) is 0 Å². The number of amides is 2. The normalized spacial score (nSPS) is 19.8. The zero-order chi connectivity index (χ0) is 24.4. The lowest BCUT2D eigenvalue weighted by Crippen LogP contribution is -2.55. The molecule has 2 heterocycles. The molecule has 3 aromatic carbocycles. The van der Waals surface area contributed by atoms with E-state index in [9.17, 15) is 9.59 Å². The molecule has 0 aromatic heterocycles. The summed E-state index contributed by atoms with van der Waals surface area (Å²) < 4.78 is 5.85. The zero-order valence-electron chi connectivity index (χ0n) is 20.8. The van der Waals surface area contributed by atoms with E-state index < -0.39 is 0 Å². The second-order valence-corrected chi connectivity index (χ2v) is 9.58. The highest BCUT2D eigenvalue weighted by molar-refractivity contribution is 6.18. The first kappa shape index (κ1) is 23.8. The number of carbonyl (C=O) groups excluding carboxylic acids is 2. The van der Waals surface area contributed by atoms with Crippen molar-refractivity contribution in [2.24, 2.45) is 0 Å². The fourth-order valence-electron chi connectivity index (χ4n) is 5.73. The van der Waals surface area contributed by atoms with Crippen molar-refractivity contribution in [2.45, 2.75) is 38.8 Å². The molecule has 0 bridgehead atoms. The molecule has 0 saturated carbocycles. The molecule has 2 aliphatic rings. The predicted octanol–water partition coefficient (Wildman–Crippen LogP) is 4.17. The Morgan fingerprint density at radius 1 is 0.914 bits per heavy atom. The van der Waals surface area contributed by atoms with Crippen LogP contribution in [0.15, 0.2) is 54.6 Å². The van der Waals surface area contributed by atoms with Crippen molar-refractivity contribution < 1.29 is 14.3 Å². The van der Waals surface area contributed by atoms with E-state index in [1.807, 2.05) is 47.9 Å². The predicted molar refractivity (Wildman–Crippen MR) is 140 cm³/mol. The van der Waals surface area contributed by atoms with Gasteiger partial charge in [-0.25, -0.2) is 0 Å². The maximum absolute atomic E-state index is 13.8. The minimum absolute atomic E-state index is 0.0927. The van der Waals surface area contributed by atoms with E-state index in [-0.39, 0.29) is 17.9 Å². The number of piperidine rings is 1. The molecule has 3 aromatic rings. The number of nitrogens with zero attached hydrogens (tertiary/aromatic N) is 3. The first-order chi connectivity index (χ1) is 17.1. The van der Waals surface area contributed by atoms with Crippen molar-refractivity contribution in [1.29, 1.82) is 0 Å². The molecule has 35 heavy (non-hydrogen) atoms. The summed E-state index contributed by atoms with van der Waals surface area (Å²) in [4.78, 5) is 32.9. The fraction of sp³-hybridized carbons (Fsp3) is 0.448. The second-order valence-electron chi connectivity index (χ2n) is 9.58. The molecule has 6 nitrogen and oxygen atoms in total. The molecule has 5 rings (SSSR count). The molecule has 184 valence electrons. The third-order valence-corrected chi connectivity index (χ3v) is 7.70. The quantitative estimate of drug-likeness (QED) is 0.522. The number of carbonyl (C=O) groups is 2. The van der Waals surface area contributed by atoms with Gasteiger partial charge in [-0.15, -0.1) is 0 Å². The van der Waals surface area contributed by atoms with Gasteiger partial charge in [-0.3, -0.25) is 14.5 Å². The summed E-state index contributed by atoms with van der Waals surface area (Å²) in [5.41, 5.74) is 0.813. The first-order valence-electron chi connectivity index (χ1n) is 12.9. The van der Waals surface area contributed by atoms with Gasteiger partial charge in [0.15, 0.2) is 0 Å². The van der Waals surface area contributed by atoms with Gasteiger partial charge in [0.25, 0.3) is 11.8 Å². The monoisotopic (exact) mass is 473 g/mol. The molecule has 2 aliphatic heterocycles. The van der Waals surface area contributed by atoms with E-state index in [2.05, 4.69) is 35.2 Å². The molecule has 1 unspecified atom stereocenters. The Kier molecular flexibility index (Phi) is 7.02. The maximum atomic E-state index is 13.8. The van der Waals surface area contributed by atoms with Gasteiger partial charge < -0.3 is 14.5 Å². The molecule has 2 fully saturated rings. The minimum Gasteiger partial charge on any atom is -0.366 e. The number of ether oxygens (including phenoxy) is 1. The largest absolute Gasteiger partial charge is 0.366 e. The van der Waals surface area contributed by atoms with E-state index in [4.69, 9.17) is 4.74 Å². The molecule has 0 radical (unpaired) electrons. The summed E-state index contributed by atoms with van der Waals surface area (Å²) >= 11 is 0. The van der Waals surface area contributed by atoms with Crippen LogP contribution in [0.4, 0.5) is 0 Å². The number of hydrogen-bond donors (Lipinski definition) is 0. The molecule has 0 N–H and O–H groups in total. The van der Waals surface area contributed by atoms with Crippen LogP contribution in [0.1, 0.15) is 37.0 Å². The zero-order valence-corrected chi connectivity index (χ0v) is 20.8. The summed E-state index contributed by atoms with van der Waals surface area (Å²) in [7, 11) is 0. The Morgan fingerprint density at radius 2 is 1.51 bits per heavy atom. The topological polar surface area (TPSA) is 53.1 Å². The van der Waals surface area contributed by atoms with Crippen LogP contribution in [0.3, 0.4) is 0 Å². The van der Waals surface area contributed by atoms with Gasteiger partial charge in [0, 0.05) is 45.3 Å². The van der Waals surface area contributed by atoms with Crippen LogP contribution in [0, 0.1) is 0 Å². The van der Waals surface area contributed by atoms with E-state index >= 15 is 0 Å². The van der Waals surface area contributed by atoms with E-state index in [0.717, 1.165) is 59.6 Å². The average molecular weight is 474 g/mol. The van der Waals surface area contributed by atoms with Gasteiger partial charge in [0.2, 0.25) is 0 Å². The van der Waals surface area contributed by atoms with Gasteiger partial charge >= 0.3 is 0 Å². The highest BCUT2D eigenvalue weighted by Gasteiger charge is 2.35. The second kappa shape index (κ2) is 10.3. The molecule has 2 saturated heterocycles. The van der Waals surface area contributed by atoms with Crippen molar-refractivity contribution in [2.75, 3.05) is 45.9 Å². The number of benzene rings is 3. The molecule has 0 spiro atoms. The molecular weight excluding hydrogens is 438 g/mol. The summed E-state index contributed by atoms with van der Waals surface area (Å²) in [6, 6.07) is 18.9. The van der Waals surface area contributed by atoms with Gasteiger partial charge in [0.05, 0.1) is 12.2 Å². The van der Waals surface area contributed by atoms with Gasteiger partial charge in [-0.05, 0) is 54.3 Å². The number of morpholine rings is 1. The SMILES string of the molecule is CCN(CC)C(=O)C1CN(C2CCN(C(=O)c3c4ccccc4cc4ccccc34)CC2)CCO1. The van der Waals surface area contributed by atoms with Crippen LogP contribution in [-0.4, -0.2) is 84.5 Å². The summed E-state index contributed by atoms with van der Waals surface area (Å²) in [6.45, 7) is 8.95. The number of rotatable bonds is 5. The number of likely N-dealkylation sites (N-methyl/N-ethyl adjacent to an activating group) is 1. The minimum atomic E-state index is -0.384. The Balaban J connectivity index is 1.30.